The van der Waals surface area contributed by atoms with Crippen LogP contribution in [0.5, 0.6) is 5.75 Å². The van der Waals surface area contributed by atoms with E-state index < -0.39 is 0 Å². The van der Waals surface area contributed by atoms with E-state index >= 15 is 0 Å². The monoisotopic (exact) mass is 355 g/mol. The summed E-state index contributed by atoms with van der Waals surface area (Å²) < 4.78 is 11.8. The summed E-state index contributed by atoms with van der Waals surface area (Å²) >= 11 is 0. The molecular weight excluding hydrogens is 326 g/mol. The van der Waals surface area contributed by atoms with E-state index in [0.29, 0.717) is 17.9 Å². The van der Waals surface area contributed by atoms with Crippen LogP contribution in [0.1, 0.15) is 51.5 Å². The van der Waals surface area contributed by atoms with E-state index in [2.05, 4.69) is 36.9 Å². The zero-order valence-corrected chi connectivity index (χ0v) is 15.9. The molecule has 0 radical (unpaired) electrons. The van der Waals surface area contributed by atoms with Crippen LogP contribution in [-0.4, -0.2) is 42.2 Å². The van der Waals surface area contributed by atoms with Gasteiger partial charge in [0.15, 0.2) is 0 Å². The second kappa shape index (κ2) is 5.72. The number of para-hydroxylation sites is 1. The van der Waals surface area contributed by atoms with Crippen LogP contribution < -0.4 is 4.74 Å². The number of rotatable bonds is 4. The maximum atomic E-state index is 13.5. The summed E-state index contributed by atoms with van der Waals surface area (Å²) in [6.07, 6.45) is 5.34. The van der Waals surface area contributed by atoms with Crippen LogP contribution >= 0.6 is 0 Å². The Hall–Kier alpha value is -1.55. The van der Waals surface area contributed by atoms with Crippen LogP contribution in [0.4, 0.5) is 0 Å². The summed E-state index contributed by atoms with van der Waals surface area (Å²) in [7, 11) is 0. The second-order valence-electron chi connectivity index (χ2n) is 9.40. The lowest BCUT2D eigenvalue weighted by Crippen LogP contribution is -2.43. The molecule has 1 aromatic carbocycles. The third kappa shape index (κ3) is 2.74. The third-order valence-electron chi connectivity index (χ3n) is 6.67. The van der Waals surface area contributed by atoms with Gasteiger partial charge in [-0.15, -0.1) is 0 Å². The standard InChI is InChI=1S/C22H29NO3/c1-21(2)14-22(17-5-3-4-6-19(17)26-21)11-18(22)20(24)23(16-7-8-16)12-15-9-10-25-13-15/h3-6,15-16,18H,7-14H2,1-2H3/t15-,18+,22-/m0/s1. The Balaban J connectivity index is 1.40. The molecule has 1 amide bonds. The molecule has 2 aliphatic carbocycles. The highest BCUT2D eigenvalue weighted by Crippen LogP contribution is 2.64. The minimum Gasteiger partial charge on any atom is -0.488 e. The quantitative estimate of drug-likeness (QED) is 0.829. The first-order valence-corrected chi connectivity index (χ1v) is 10.2. The second-order valence-corrected chi connectivity index (χ2v) is 9.40. The molecule has 5 rings (SSSR count). The number of fused-ring (bicyclic) bond motifs is 2. The third-order valence-corrected chi connectivity index (χ3v) is 6.67. The number of amides is 1. The van der Waals surface area contributed by atoms with Crippen molar-refractivity contribution in [2.45, 2.75) is 63.0 Å². The largest absolute Gasteiger partial charge is 0.488 e. The molecule has 0 bridgehead atoms. The lowest BCUT2D eigenvalue weighted by molar-refractivity contribution is -0.134. The summed E-state index contributed by atoms with van der Waals surface area (Å²) in [6, 6.07) is 8.82. The van der Waals surface area contributed by atoms with E-state index in [0.717, 1.165) is 44.8 Å². The lowest BCUT2D eigenvalue weighted by Gasteiger charge is -2.39. The molecule has 1 spiro atoms. The van der Waals surface area contributed by atoms with E-state index in [4.69, 9.17) is 9.47 Å². The van der Waals surface area contributed by atoms with Crippen molar-refractivity contribution in [3.05, 3.63) is 29.8 Å². The minimum atomic E-state index is -0.215. The zero-order chi connectivity index (χ0) is 17.9. The Labute approximate surface area is 155 Å². The van der Waals surface area contributed by atoms with Gasteiger partial charge in [-0.3, -0.25) is 4.79 Å². The summed E-state index contributed by atoms with van der Waals surface area (Å²) in [6.45, 7) is 6.86. The Morgan fingerprint density at radius 1 is 1.23 bits per heavy atom. The molecule has 1 aromatic rings. The van der Waals surface area contributed by atoms with Crippen molar-refractivity contribution in [3.63, 3.8) is 0 Å². The normalized spacial score (nSPS) is 34.2. The fourth-order valence-corrected chi connectivity index (χ4v) is 5.29. The molecule has 26 heavy (non-hydrogen) atoms. The summed E-state index contributed by atoms with van der Waals surface area (Å²) in [5, 5.41) is 0. The highest BCUT2D eigenvalue weighted by molar-refractivity contribution is 5.85. The number of nitrogens with zero attached hydrogens (tertiary/aromatic N) is 1. The molecule has 4 aliphatic rings. The Bertz CT molecular complexity index is 720. The van der Waals surface area contributed by atoms with Gasteiger partial charge >= 0.3 is 0 Å². The molecule has 4 heteroatoms. The Kier molecular flexibility index (Phi) is 3.66. The lowest BCUT2D eigenvalue weighted by atomic mass is 9.79. The molecule has 0 aromatic heterocycles. The van der Waals surface area contributed by atoms with Gasteiger partial charge in [-0.1, -0.05) is 18.2 Å². The van der Waals surface area contributed by atoms with Crippen LogP contribution in [-0.2, 0) is 14.9 Å². The molecule has 3 atom stereocenters. The smallest absolute Gasteiger partial charge is 0.226 e. The number of carbonyl (C=O) groups excluding carboxylic acids is 1. The summed E-state index contributed by atoms with van der Waals surface area (Å²) in [5.41, 5.74) is 1.01. The van der Waals surface area contributed by atoms with Gasteiger partial charge < -0.3 is 14.4 Å². The van der Waals surface area contributed by atoms with Crippen LogP contribution in [0.25, 0.3) is 0 Å². The number of carbonyl (C=O) groups is 1. The first-order valence-electron chi connectivity index (χ1n) is 10.2. The van der Waals surface area contributed by atoms with Crippen LogP contribution in [0.15, 0.2) is 24.3 Å². The van der Waals surface area contributed by atoms with Gasteiger partial charge in [-0.25, -0.2) is 0 Å². The predicted molar refractivity (Wildman–Crippen MR) is 99.2 cm³/mol. The zero-order valence-electron chi connectivity index (χ0n) is 15.9. The van der Waals surface area contributed by atoms with Crippen molar-refractivity contribution < 1.29 is 14.3 Å². The van der Waals surface area contributed by atoms with Crippen molar-refractivity contribution in [1.29, 1.82) is 0 Å². The van der Waals surface area contributed by atoms with Crippen LogP contribution in [0.3, 0.4) is 0 Å². The maximum absolute atomic E-state index is 13.5. The molecule has 0 N–H and O–H groups in total. The van der Waals surface area contributed by atoms with E-state index in [-0.39, 0.29) is 16.9 Å². The van der Waals surface area contributed by atoms with E-state index in [1.54, 1.807) is 0 Å². The molecule has 140 valence electrons. The predicted octanol–water partition coefficient (Wildman–Crippen LogP) is 3.53. The van der Waals surface area contributed by atoms with Gasteiger partial charge in [0.1, 0.15) is 11.4 Å². The number of hydrogen-bond donors (Lipinski definition) is 0. The van der Waals surface area contributed by atoms with Crippen molar-refractivity contribution in [1.82, 2.24) is 4.90 Å². The highest BCUT2D eigenvalue weighted by Gasteiger charge is 2.65. The van der Waals surface area contributed by atoms with Gasteiger partial charge in [0.05, 0.1) is 6.61 Å². The minimum absolute atomic E-state index is 0.0191. The molecular formula is C22H29NO3. The molecule has 4 nitrogen and oxygen atoms in total. The van der Waals surface area contributed by atoms with Crippen molar-refractivity contribution in [2.24, 2.45) is 11.8 Å². The molecule has 2 heterocycles. The fraction of sp³-hybridized carbons (Fsp3) is 0.682. The van der Waals surface area contributed by atoms with Gasteiger partial charge in [-0.05, 0) is 52.0 Å². The van der Waals surface area contributed by atoms with Crippen molar-refractivity contribution >= 4 is 5.91 Å². The topological polar surface area (TPSA) is 38.8 Å². The summed E-state index contributed by atoms with van der Waals surface area (Å²) in [4.78, 5) is 15.7. The highest BCUT2D eigenvalue weighted by atomic mass is 16.5. The summed E-state index contributed by atoms with van der Waals surface area (Å²) in [5.74, 6) is 2.00. The Morgan fingerprint density at radius 2 is 2.04 bits per heavy atom. The molecule has 2 aliphatic heterocycles. The first-order chi connectivity index (χ1) is 12.5. The fourth-order valence-electron chi connectivity index (χ4n) is 5.29. The molecule has 3 fully saturated rings. The van der Waals surface area contributed by atoms with Crippen LogP contribution in [0.2, 0.25) is 0 Å². The SMILES string of the molecule is CC1(C)C[C@@]2(C[C@@H]2C(=O)N(C[C@@H]2CCOC2)C2CC2)c2ccccc2O1. The van der Waals surface area contributed by atoms with Gasteiger partial charge in [0.25, 0.3) is 0 Å². The van der Waals surface area contributed by atoms with Gasteiger partial charge in [0.2, 0.25) is 5.91 Å². The van der Waals surface area contributed by atoms with Gasteiger partial charge in [0, 0.05) is 42.0 Å². The molecule has 0 unspecified atom stereocenters. The average Bonchev–Trinajstić information content (AvgIpc) is 3.50. The Morgan fingerprint density at radius 3 is 2.77 bits per heavy atom. The number of benzene rings is 1. The maximum Gasteiger partial charge on any atom is 0.226 e. The molecule has 2 saturated carbocycles. The first kappa shape index (κ1) is 16.6. The molecule has 1 saturated heterocycles. The number of ether oxygens (including phenoxy) is 2. The van der Waals surface area contributed by atoms with Crippen molar-refractivity contribution in [2.75, 3.05) is 19.8 Å². The van der Waals surface area contributed by atoms with Gasteiger partial charge in [-0.2, -0.15) is 0 Å². The number of hydrogen-bond acceptors (Lipinski definition) is 3. The van der Waals surface area contributed by atoms with Crippen molar-refractivity contribution in [3.8, 4) is 5.75 Å². The average molecular weight is 355 g/mol. The van der Waals surface area contributed by atoms with Crippen LogP contribution in [0, 0.1) is 11.8 Å². The van der Waals surface area contributed by atoms with E-state index in [9.17, 15) is 4.79 Å². The van der Waals surface area contributed by atoms with E-state index in [1.807, 2.05) is 6.07 Å². The van der Waals surface area contributed by atoms with E-state index in [1.165, 1.54) is 18.4 Å².